The number of aromatic nitrogens is 1. The SMILES string of the molecule is O=C(NCCN1C(=O)CSC1=O)c1ccc2ncccc2c1. The van der Waals surface area contributed by atoms with Crippen molar-refractivity contribution in [2.45, 2.75) is 0 Å². The first-order valence-corrected chi connectivity index (χ1v) is 7.74. The van der Waals surface area contributed by atoms with Crippen LogP contribution < -0.4 is 5.32 Å². The Labute approximate surface area is 130 Å². The third-order valence-electron chi connectivity index (χ3n) is 3.33. The van der Waals surface area contributed by atoms with Gasteiger partial charge < -0.3 is 5.32 Å². The van der Waals surface area contributed by atoms with Gasteiger partial charge in [-0.05, 0) is 24.3 Å². The average molecular weight is 315 g/mol. The van der Waals surface area contributed by atoms with Gasteiger partial charge in [-0.1, -0.05) is 17.8 Å². The number of thioether (sulfide) groups is 1. The maximum absolute atomic E-state index is 12.1. The zero-order valence-electron chi connectivity index (χ0n) is 11.6. The molecule has 1 saturated heterocycles. The number of carbonyl (C=O) groups is 3. The second kappa shape index (κ2) is 6.15. The fraction of sp³-hybridized carbons (Fsp3) is 0.200. The quantitative estimate of drug-likeness (QED) is 0.928. The van der Waals surface area contributed by atoms with E-state index >= 15 is 0 Å². The maximum atomic E-state index is 12.1. The third-order valence-corrected chi connectivity index (χ3v) is 4.19. The predicted octanol–water partition coefficient (Wildman–Crippen LogP) is 1.66. The molecule has 0 aliphatic carbocycles. The molecule has 1 aromatic carbocycles. The molecule has 3 rings (SSSR count). The molecule has 1 fully saturated rings. The molecule has 1 aliphatic rings. The van der Waals surface area contributed by atoms with Gasteiger partial charge in [0, 0.05) is 30.2 Å². The first kappa shape index (κ1) is 14.5. The summed E-state index contributed by atoms with van der Waals surface area (Å²) in [5, 5.41) is 3.35. The first-order chi connectivity index (χ1) is 10.6. The lowest BCUT2D eigenvalue weighted by atomic mass is 10.1. The number of fused-ring (bicyclic) bond motifs is 1. The van der Waals surface area contributed by atoms with E-state index in [4.69, 9.17) is 0 Å². The van der Waals surface area contributed by atoms with Crippen LogP contribution >= 0.6 is 11.8 Å². The molecule has 3 amide bonds. The van der Waals surface area contributed by atoms with Crippen LogP contribution in [0.1, 0.15) is 10.4 Å². The second-order valence-corrected chi connectivity index (χ2v) is 5.69. The molecule has 112 valence electrons. The Bertz CT molecular complexity index is 747. The van der Waals surface area contributed by atoms with Crippen molar-refractivity contribution in [3.63, 3.8) is 0 Å². The number of hydrogen-bond donors (Lipinski definition) is 1. The van der Waals surface area contributed by atoms with Crippen molar-refractivity contribution in [1.29, 1.82) is 0 Å². The minimum absolute atomic E-state index is 0.185. The number of carbonyl (C=O) groups excluding carboxylic acids is 3. The smallest absolute Gasteiger partial charge is 0.288 e. The number of nitrogens with zero attached hydrogens (tertiary/aromatic N) is 2. The van der Waals surface area contributed by atoms with Gasteiger partial charge in [-0.2, -0.15) is 0 Å². The molecule has 2 aromatic rings. The molecule has 0 unspecified atom stereocenters. The summed E-state index contributed by atoms with van der Waals surface area (Å²) < 4.78 is 0. The van der Waals surface area contributed by atoms with E-state index in [1.54, 1.807) is 24.4 Å². The zero-order valence-corrected chi connectivity index (χ0v) is 12.4. The standard InChI is InChI=1S/C15H13N3O3S/c19-13-9-22-15(21)18(13)7-6-17-14(20)11-3-4-12-10(8-11)2-1-5-16-12/h1-5,8H,6-7,9H2,(H,17,20). The number of hydrogen-bond acceptors (Lipinski definition) is 5. The molecule has 6 nitrogen and oxygen atoms in total. The average Bonchev–Trinajstić information content (AvgIpc) is 2.86. The van der Waals surface area contributed by atoms with Crippen LogP contribution in [-0.2, 0) is 4.79 Å². The molecule has 1 aliphatic heterocycles. The van der Waals surface area contributed by atoms with E-state index in [1.165, 1.54) is 0 Å². The summed E-state index contributed by atoms with van der Waals surface area (Å²) in [4.78, 5) is 40.3. The Morgan fingerprint density at radius 1 is 1.32 bits per heavy atom. The Balaban J connectivity index is 1.61. The lowest BCUT2D eigenvalue weighted by Gasteiger charge is -2.13. The lowest BCUT2D eigenvalue weighted by molar-refractivity contribution is -0.124. The van der Waals surface area contributed by atoms with E-state index in [0.717, 1.165) is 27.6 Å². The number of pyridine rings is 1. The molecule has 0 spiro atoms. The van der Waals surface area contributed by atoms with Crippen LogP contribution in [0.5, 0.6) is 0 Å². The van der Waals surface area contributed by atoms with Crippen LogP contribution in [0, 0.1) is 0 Å². The second-order valence-electron chi connectivity index (χ2n) is 4.77. The molecule has 7 heteroatoms. The highest BCUT2D eigenvalue weighted by Crippen LogP contribution is 2.18. The van der Waals surface area contributed by atoms with Crippen molar-refractivity contribution >= 4 is 39.7 Å². The largest absolute Gasteiger partial charge is 0.350 e. The van der Waals surface area contributed by atoms with Gasteiger partial charge in [0.2, 0.25) is 5.91 Å². The van der Waals surface area contributed by atoms with Gasteiger partial charge in [-0.25, -0.2) is 0 Å². The van der Waals surface area contributed by atoms with E-state index < -0.39 is 0 Å². The topological polar surface area (TPSA) is 79.4 Å². The normalized spacial score (nSPS) is 14.6. The third kappa shape index (κ3) is 2.94. The molecule has 0 bridgehead atoms. The van der Waals surface area contributed by atoms with Gasteiger partial charge in [-0.3, -0.25) is 24.3 Å². The Morgan fingerprint density at radius 2 is 2.18 bits per heavy atom. The molecule has 2 heterocycles. The molecule has 22 heavy (non-hydrogen) atoms. The highest BCUT2D eigenvalue weighted by Gasteiger charge is 2.29. The van der Waals surface area contributed by atoms with Crippen LogP contribution in [0.4, 0.5) is 4.79 Å². The summed E-state index contributed by atoms with van der Waals surface area (Å²) in [7, 11) is 0. The van der Waals surface area contributed by atoms with Crippen molar-refractivity contribution in [2.75, 3.05) is 18.8 Å². The molecular formula is C15H13N3O3S. The summed E-state index contributed by atoms with van der Waals surface area (Å²) in [5.41, 5.74) is 1.35. The van der Waals surface area contributed by atoms with Gasteiger partial charge in [0.1, 0.15) is 0 Å². The summed E-state index contributed by atoms with van der Waals surface area (Å²) >= 11 is 0.988. The number of rotatable bonds is 4. The zero-order chi connectivity index (χ0) is 15.5. The molecular weight excluding hydrogens is 302 g/mol. The first-order valence-electron chi connectivity index (χ1n) is 6.75. The van der Waals surface area contributed by atoms with Gasteiger partial charge in [0.15, 0.2) is 0 Å². The minimum atomic E-state index is -0.254. The van der Waals surface area contributed by atoms with E-state index in [9.17, 15) is 14.4 Å². The van der Waals surface area contributed by atoms with Gasteiger partial charge >= 0.3 is 0 Å². The summed E-state index contributed by atoms with van der Waals surface area (Å²) in [5.74, 6) is -0.261. The van der Waals surface area contributed by atoms with Crippen LogP contribution in [-0.4, -0.2) is 45.8 Å². The van der Waals surface area contributed by atoms with Crippen LogP contribution in [0.25, 0.3) is 10.9 Å². The van der Waals surface area contributed by atoms with Gasteiger partial charge in [0.05, 0.1) is 11.3 Å². The Morgan fingerprint density at radius 3 is 2.95 bits per heavy atom. The van der Waals surface area contributed by atoms with Crippen molar-refractivity contribution in [3.05, 3.63) is 42.1 Å². The molecule has 1 aromatic heterocycles. The molecule has 0 saturated carbocycles. The monoisotopic (exact) mass is 315 g/mol. The van der Waals surface area contributed by atoms with Gasteiger partial charge in [0.25, 0.3) is 11.1 Å². The van der Waals surface area contributed by atoms with E-state index in [2.05, 4.69) is 10.3 Å². The number of benzene rings is 1. The molecule has 0 atom stereocenters. The van der Waals surface area contributed by atoms with Crippen molar-refractivity contribution < 1.29 is 14.4 Å². The minimum Gasteiger partial charge on any atom is -0.350 e. The predicted molar refractivity (Wildman–Crippen MR) is 83.6 cm³/mol. The molecule has 0 radical (unpaired) electrons. The Kier molecular flexibility index (Phi) is 4.06. The van der Waals surface area contributed by atoms with Crippen molar-refractivity contribution in [3.8, 4) is 0 Å². The van der Waals surface area contributed by atoms with Crippen LogP contribution in [0.2, 0.25) is 0 Å². The summed E-state index contributed by atoms with van der Waals surface area (Å²) in [6.45, 7) is 0.438. The fourth-order valence-electron chi connectivity index (χ4n) is 2.20. The van der Waals surface area contributed by atoms with E-state index in [1.807, 2.05) is 12.1 Å². The fourth-order valence-corrected chi connectivity index (χ4v) is 2.95. The van der Waals surface area contributed by atoms with E-state index in [-0.39, 0.29) is 35.9 Å². The Hall–Kier alpha value is -2.41. The van der Waals surface area contributed by atoms with Crippen molar-refractivity contribution in [2.24, 2.45) is 0 Å². The highest BCUT2D eigenvalue weighted by molar-refractivity contribution is 8.14. The summed E-state index contributed by atoms with van der Waals surface area (Å²) in [6, 6.07) is 8.95. The summed E-state index contributed by atoms with van der Waals surface area (Å²) in [6.07, 6.45) is 1.70. The number of imide groups is 1. The molecule has 1 N–H and O–H groups in total. The van der Waals surface area contributed by atoms with Crippen LogP contribution in [0.3, 0.4) is 0 Å². The highest BCUT2D eigenvalue weighted by atomic mass is 32.2. The van der Waals surface area contributed by atoms with Crippen molar-refractivity contribution in [1.82, 2.24) is 15.2 Å². The lowest BCUT2D eigenvalue weighted by Crippen LogP contribution is -2.37. The number of nitrogens with one attached hydrogen (secondary N) is 1. The maximum Gasteiger partial charge on any atom is 0.288 e. The van der Waals surface area contributed by atoms with E-state index in [0.29, 0.717) is 5.56 Å². The van der Waals surface area contributed by atoms with Crippen LogP contribution in [0.15, 0.2) is 36.5 Å². The van der Waals surface area contributed by atoms with Gasteiger partial charge in [-0.15, -0.1) is 0 Å². The number of amides is 3.